The third kappa shape index (κ3) is 6.08. The fourth-order valence-electron chi connectivity index (χ4n) is 2.05. The molecule has 0 fully saturated rings. The summed E-state index contributed by atoms with van der Waals surface area (Å²) in [6.45, 7) is 6.60. The van der Waals surface area contributed by atoms with Crippen LogP contribution in [0.5, 0.6) is 0 Å². The molecule has 2 aromatic rings. The van der Waals surface area contributed by atoms with E-state index in [4.69, 9.17) is 0 Å². The third-order valence-electron chi connectivity index (χ3n) is 3.29. The Balaban J connectivity index is 0.00000242. The smallest absolute Gasteiger partial charge is 0.255 e. The molecule has 9 heteroatoms. The van der Waals surface area contributed by atoms with Gasteiger partial charge in [-0.3, -0.25) is 9.78 Å². The average molecular weight is 380 g/mol. The summed E-state index contributed by atoms with van der Waals surface area (Å²) < 4.78 is 0. The molecule has 0 radical (unpaired) electrons. The molecule has 0 atom stereocenters. The minimum Gasteiger partial charge on any atom is -0.355 e. The largest absolute Gasteiger partial charge is 0.355 e. The van der Waals surface area contributed by atoms with Crippen molar-refractivity contribution in [1.29, 1.82) is 0 Å². The second-order valence-corrected chi connectivity index (χ2v) is 5.89. The van der Waals surface area contributed by atoms with E-state index in [-0.39, 0.29) is 30.4 Å². The van der Waals surface area contributed by atoms with Crippen LogP contribution in [0.4, 0.5) is 5.95 Å². The molecule has 6 nitrogen and oxygen atoms in total. The minimum atomic E-state index is -0.0488. The van der Waals surface area contributed by atoms with Crippen molar-refractivity contribution in [3.8, 4) is 0 Å². The summed E-state index contributed by atoms with van der Waals surface area (Å²) in [4.78, 5) is 26.3. The van der Waals surface area contributed by atoms with Gasteiger partial charge < -0.3 is 10.3 Å². The monoisotopic (exact) mass is 379 g/mol. The SMILES string of the molecule is CCc1c(C)nc(NCCSCc2nc[nH]c2C)[nH]c1=O.Cl.Cl. The lowest BCUT2D eigenvalue weighted by Crippen LogP contribution is -2.19. The third-order valence-corrected chi connectivity index (χ3v) is 4.26. The number of aryl methyl sites for hydroxylation is 2. The lowest BCUT2D eigenvalue weighted by molar-refractivity contribution is 0.952. The number of hydrogen-bond donors (Lipinski definition) is 3. The molecular formula is C14H23Cl2N5OS. The van der Waals surface area contributed by atoms with Gasteiger partial charge in [0.05, 0.1) is 12.0 Å². The molecule has 0 amide bonds. The summed E-state index contributed by atoms with van der Waals surface area (Å²) in [5.41, 5.74) is 3.71. The van der Waals surface area contributed by atoms with E-state index in [2.05, 4.69) is 25.3 Å². The lowest BCUT2D eigenvalue weighted by Gasteiger charge is -2.08. The number of aromatic amines is 2. The first kappa shape index (κ1) is 21.8. The van der Waals surface area contributed by atoms with E-state index in [0.29, 0.717) is 12.4 Å². The first-order valence-electron chi connectivity index (χ1n) is 7.02. The maximum absolute atomic E-state index is 11.8. The van der Waals surface area contributed by atoms with Crippen molar-refractivity contribution in [1.82, 2.24) is 19.9 Å². The predicted molar refractivity (Wildman–Crippen MR) is 101 cm³/mol. The van der Waals surface area contributed by atoms with Gasteiger partial charge >= 0.3 is 0 Å². The quantitative estimate of drug-likeness (QED) is 0.643. The summed E-state index contributed by atoms with van der Waals surface area (Å²) >= 11 is 1.80. The Labute approximate surface area is 152 Å². The molecule has 2 aromatic heterocycles. The number of anilines is 1. The average Bonchev–Trinajstić information content (AvgIpc) is 2.84. The fraction of sp³-hybridized carbons (Fsp3) is 0.500. The number of nitrogens with one attached hydrogen (secondary N) is 3. The Morgan fingerprint density at radius 3 is 2.61 bits per heavy atom. The molecule has 0 aliphatic heterocycles. The maximum Gasteiger partial charge on any atom is 0.255 e. The Morgan fingerprint density at radius 1 is 1.30 bits per heavy atom. The van der Waals surface area contributed by atoms with Gasteiger partial charge in [-0.05, 0) is 20.3 Å². The summed E-state index contributed by atoms with van der Waals surface area (Å²) in [6, 6.07) is 0. The van der Waals surface area contributed by atoms with Crippen LogP contribution >= 0.6 is 36.6 Å². The number of aromatic nitrogens is 4. The van der Waals surface area contributed by atoms with E-state index in [0.717, 1.165) is 40.7 Å². The van der Waals surface area contributed by atoms with Crippen molar-refractivity contribution >= 4 is 42.5 Å². The van der Waals surface area contributed by atoms with E-state index in [1.165, 1.54) is 0 Å². The van der Waals surface area contributed by atoms with E-state index >= 15 is 0 Å². The zero-order chi connectivity index (χ0) is 15.2. The highest BCUT2D eigenvalue weighted by molar-refractivity contribution is 7.98. The highest BCUT2D eigenvalue weighted by Crippen LogP contribution is 2.12. The summed E-state index contributed by atoms with van der Waals surface area (Å²) in [5.74, 6) is 2.35. The van der Waals surface area contributed by atoms with E-state index < -0.39 is 0 Å². The van der Waals surface area contributed by atoms with Crippen molar-refractivity contribution in [3.63, 3.8) is 0 Å². The van der Waals surface area contributed by atoms with Crippen LogP contribution in [0.1, 0.15) is 29.6 Å². The Kier molecular flexibility index (Phi) is 10.0. The second kappa shape index (κ2) is 10.6. The lowest BCUT2D eigenvalue weighted by atomic mass is 10.2. The number of H-pyrrole nitrogens is 2. The molecule has 0 bridgehead atoms. The van der Waals surface area contributed by atoms with E-state index in [9.17, 15) is 4.79 Å². The van der Waals surface area contributed by atoms with Gasteiger partial charge in [0.25, 0.3) is 5.56 Å². The first-order chi connectivity index (χ1) is 10.1. The van der Waals surface area contributed by atoms with Crippen molar-refractivity contribution in [3.05, 3.63) is 39.3 Å². The van der Waals surface area contributed by atoms with Gasteiger partial charge in [-0.25, -0.2) is 9.97 Å². The van der Waals surface area contributed by atoms with Crippen LogP contribution in [-0.2, 0) is 12.2 Å². The molecule has 2 heterocycles. The highest BCUT2D eigenvalue weighted by Gasteiger charge is 2.05. The van der Waals surface area contributed by atoms with Gasteiger partial charge in [-0.15, -0.1) is 24.8 Å². The van der Waals surface area contributed by atoms with Gasteiger partial charge in [0.2, 0.25) is 5.95 Å². The van der Waals surface area contributed by atoms with Crippen LogP contribution in [0.25, 0.3) is 0 Å². The number of imidazole rings is 1. The summed E-state index contributed by atoms with van der Waals surface area (Å²) in [5, 5.41) is 3.16. The van der Waals surface area contributed by atoms with Crippen LogP contribution in [-0.4, -0.2) is 32.2 Å². The summed E-state index contributed by atoms with van der Waals surface area (Å²) in [6.07, 6.45) is 2.42. The maximum atomic E-state index is 11.8. The van der Waals surface area contributed by atoms with Crippen LogP contribution in [0, 0.1) is 13.8 Å². The van der Waals surface area contributed by atoms with Crippen LogP contribution in [0.3, 0.4) is 0 Å². The molecular weight excluding hydrogens is 357 g/mol. The highest BCUT2D eigenvalue weighted by atomic mass is 35.5. The Hall–Kier alpha value is -1.18. The number of halogens is 2. The number of rotatable bonds is 7. The normalized spacial score (nSPS) is 9.87. The molecule has 0 spiro atoms. The van der Waals surface area contributed by atoms with Crippen molar-refractivity contribution in [2.75, 3.05) is 17.6 Å². The van der Waals surface area contributed by atoms with Gasteiger partial charge in [0, 0.05) is 35.0 Å². The predicted octanol–water partition coefficient (Wildman–Crippen LogP) is 2.86. The number of thioether (sulfide) groups is 1. The van der Waals surface area contributed by atoms with Crippen LogP contribution < -0.4 is 10.9 Å². The van der Waals surface area contributed by atoms with Crippen molar-refractivity contribution in [2.24, 2.45) is 0 Å². The fourth-order valence-corrected chi connectivity index (χ4v) is 2.93. The summed E-state index contributed by atoms with van der Waals surface area (Å²) in [7, 11) is 0. The molecule has 2 rings (SSSR count). The Bertz CT molecular complexity index is 659. The van der Waals surface area contributed by atoms with Gasteiger partial charge in [-0.2, -0.15) is 11.8 Å². The topological polar surface area (TPSA) is 86.5 Å². The standard InChI is InChI=1S/C14H21N5OS.2ClH/c1-4-11-9(2)18-14(19-13(11)20)15-5-6-21-7-12-10(3)16-8-17-12;;/h8H,4-7H2,1-3H3,(H,16,17)(H2,15,18,19,20);2*1H. The first-order valence-corrected chi connectivity index (χ1v) is 8.17. The Morgan fingerprint density at radius 2 is 2.04 bits per heavy atom. The molecule has 23 heavy (non-hydrogen) atoms. The molecule has 0 aliphatic rings. The van der Waals surface area contributed by atoms with Crippen molar-refractivity contribution < 1.29 is 0 Å². The molecule has 0 aromatic carbocycles. The molecule has 3 N–H and O–H groups in total. The molecule has 130 valence electrons. The van der Waals surface area contributed by atoms with Gasteiger partial charge in [0.15, 0.2) is 0 Å². The molecule has 0 unspecified atom stereocenters. The molecule has 0 saturated heterocycles. The molecule has 0 saturated carbocycles. The van der Waals surface area contributed by atoms with Crippen LogP contribution in [0.15, 0.2) is 11.1 Å². The number of nitrogens with zero attached hydrogens (tertiary/aromatic N) is 2. The number of hydrogen-bond acceptors (Lipinski definition) is 5. The van der Waals surface area contributed by atoms with E-state index in [1.807, 2.05) is 20.8 Å². The molecule has 0 aliphatic carbocycles. The zero-order valence-corrected chi connectivity index (χ0v) is 15.9. The van der Waals surface area contributed by atoms with E-state index in [1.54, 1.807) is 18.1 Å². The zero-order valence-electron chi connectivity index (χ0n) is 13.4. The van der Waals surface area contributed by atoms with Gasteiger partial charge in [-0.1, -0.05) is 6.92 Å². The van der Waals surface area contributed by atoms with Gasteiger partial charge in [0.1, 0.15) is 0 Å². The van der Waals surface area contributed by atoms with Crippen LogP contribution in [0.2, 0.25) is 0 Å². The second-order valence-electron chi connectivity index (χ2n) is 4.79. The minimum absolute atomic E-state index is 0. The van der Waals surface area contributed by atoms with Crippen molar-refractivity contribution in [2.45, 2.75) is 32.9 Å².